The van der Waals surface area contributed by atoms with Gasteiger partial charge in [0.25, 0.3) is 0 Å². The van der Waals surface area contributed by atoms with Gasteiger partial charge in [0.1, 0.15) is 5.75 Å². The number of benzene rings is 1. The van der Waals surface area contributed by atoms with Crippen LogP contribution in [-0.2, 0) is 4.74 Å². The van der Waals surface area contributed by atoms with Crippen molar-refractivity contribution in [2.75, 3.05) is 25.6 Å². The van der Waals surface area contributed by atoms with Crippen molar-refractivity contribution in [3.8, 4) is 5.75 Å². The Bertz CT molecular complexity index is 388. The minimum atomic E-state index is 0.422. The van der Waals surface area contributed by atoms with Crippen LogP contribution in [0.5, 0.6) is 5.75 Å². The topological polar surface area (TPSA) is 30.5 Å². The second kappa shape index (κ2) is 6.80. The van der Waals surface area contributed by atoms with Gasteiger partial charge in [0.15, 0.2) is 0 Å². The number of hydrogen-bond acceptors (Lipinski definition) is 3. The van der Waals surface area contributed by atoms with Crippen molar-refractivity contribution in [1.82, 2.24) is 0 Å². The summed E-state index contributed by atoms with van der Waals surface area (Å²) in [5.41, 5.74) is 1.12. The highest BCUT2D eigenvalue weighted by Gasteiger charge is 2.31. The summed E-state index contributed by atoms with van der Waals surface area (Å²) >= 11 is 0. The summed E-state index contributed by atoms with van der Waals surface area (Å²) < 4.78 is 11.0. The summed E-state index contributed by atoms with van der Waals surface area (Å²) in [4.78, 5) is 0. The van der Waals surface area contributed by atoms with Crippen molar-refractivity contribution in [2.45, 2.75) is 32.7 Å². The number of nitrogens with one attached hydrogen (secondary N) is 1. The van der Waals surface area contributed by atoms with Crippen molar-refractivity contribution >= 4 is 5.69 Å². The van der Waals surface area contributed by atoms with Gasteiger partial charge < -0.3 is 14.8 Å². The molecule has 0 bridgehead atoms. The van der Waals surface area contributed by atoms with E-state index in [4.69, 9.17) is 9.47 Å². The molecule has 1 N–H and O–H groups in total. The van der Waals surface area contributed by atoms with E-state index >= 15 is 0 Å². The normalized spacial score (nSPS) is 16.4. The van der Waals surface area contributed by atoms with E-state index in [0.29, 0.717) is 12.0 Å². The van der Waals surface area contributed by atoms with E-state index in [9.17, 15) is 0 Å². The fourth-order valence-electron chi connectivity index (χ4n) is 2.13. The molecule has 19 heavy (non-hydrogen) atoms. The maximum absolute atomic E-state index is 5.75. The first-order valence-corrected chi connectivity index (χ1v) is 7.17. The molecule has 0 saturated heterocycles. The van der Waals surface area contributed by atoms with Crippen LogP contribution < -0.4 is 10.1 Å². The predicted octanol–water partition coefficient (Wildman–Crippen LogP) is 3.56. The monoisotopic (exact) mass is 263 g/mol. The number of hydrogen-bond donors (Lipinski definition) is 1. The smallest absolute Gasteiger partial charge is 0.121 e. The van der Waals surface area contributed by atoms with Gasteiger partial charge in [0.05, 0.1) is 19.3 Å². The van der Waals surface area contributed by atoms with Gasteiger partial charge in [-0.1, -0.05) is 19.9 Å². The molecule has 1 fully saturated rings. The number of ether oxygens (including phenoxy) is 2. The summed E-state index contributed by atoms with van der Waals surface area (Å²) in [6.45, 7) is 5.84. The first-order valence-electron chi connectivity index (χ1n) is 7.17. The Morgan fingerprint density at radius 2 is 2.05 bits per heavy atom. The van der Waals surface area contributed by atoms with Gasteiger partial charge in [0.2, 0.25) is 0 Å². The zero-order valence-corrected chi connectivity index (χ0v) is 12.2. The first-order chi connectivity index (χ1) is 9.19. The molecule has 106 valence electrons. The van der Waals surface area contributed by atoms with E-state index in [1.165, 1.54) is 12.8 Å². The molecule has 0 amide bonds. The molecule has 0 aliphatic heterocycles. The maximum atomic E-state index is 5.75. The number of methoxy groups -OCH3 is 1. The summed E-state index contributed by atoms with van der Waals surface area (Å²) in [6.07, 6.45) is 2.62. The Morgan fingerprint density at radius 1 is 1.26 bits per heavy atom. The van der Waals surface area contributed by atoms with Gasteiger partial charge in [-0.15, -0.1) is 0 Å². The molecule has 1 saturated carbocycles. The molecule has 3 nitrogen and oxygen atoms in total. The van der Waals surface area contributed by atoms with E-state index in [1.54, 1.807) is 7.11 Å². The molecule has 1 aliphatic carbocycles. The zero-order chi connectivity index (χ0) is 13.7. The zero-order valence-electron chi connectivity index (χ0n) is 12.2. The van der Waals surface area contributed by atoms with Gasteiger partial charge in [-0.3, -0.25) is 0 Å². The lowest BCUT2D eigenvalue weighted by Gasteiger charge is -2.19. The van der Waals surface area contributed by atoms with Gasteiger partial charge in [-0.05, 0) is 36.8 Å². The lowest BCUT2D eigenvalue weighted by molar-refractivity contribution is 0.179. The van der Waals surface area contributed by atoms with Gasteiger partial charge in [-0.2, -0.15) is 0 Å². The van der Waals surface area contributed by atoms with Crippen LogP contribution in [0.15, 0.2) is 24.3 Å². The van der Waals surface area contributed by atoms with E-state index in [0.717, 1.165) is 30.6 Å². The molecule has 1 aromatic rings. The van der Waals surface area contributed by atoms with E-state index in [-0.39, 0.29) is 0 Å². The van der Waals surface area contributed by atoms with Crippen LogP contribution in [0.3, 0.4) is 0 Å². The molecule has 1 unspecified atom stereocenters. The molecular formula is C16H25NO2. The van der Waals surface area contributed by atoms with Crippen molar-refractivity contribution in [1.29, 1.82) is 0 Å². The third-order valence-corrected chi connectivity index (χ3v) is 3.31. The Kier molecular flexibility index (Phi) is 5.08. The molecule has 0 aromatic heterocycles. The predicted molar refractivity (Wildman–Crippen MR) is 78.8 cm³/mol. The molecular weight excluding hydrogens is 238 g/mol. The third-order valence-electron chi connectivity index (χ3n) is 3.31. The van der Waals surface area contributed by atoms with E-state index < -0.39 is 0 Å². The van der Waals surface area contributed by atoms with Crippen LogP contribution in [0, 0.1) is 11.8 Å². The van der Waals surface area contributed by atoms with Crippen LogP contribution in [0.1, 0.15) is 26.7 Å². The average Bonchev–Trinajstić information content (AvgIpc) is 3.21. The van der Waals surface area contributed by atoms with Crippen molar-refractivity contribution in [3.63, 3.8) is 0 Å². The minimum absolute atomic E-state index is 0.422. The van der Waals surface area contributed by atoms with Crippen LogP contribution in [0.2, 0.25) is 0 Å². The Labute approximate surface area is 116 Å². The molecule has 0 heterocycles. The summed E-state index contributed by atoms with van der Waals surface area (Å²) in [5.74, 6) is 2.25. The fraction of sp³-hybridized carbons (Fsp3) is 0.625. The highest BCUT2D eigenvalue weighted by atomic mass is 16.5. The molecule has 1 aromatic carbocycles. The van der Waals surface area contributed by atoms with Crippen LogP contribution in [0.25, 0.3) is 0 Å². The molecule has 1 atom stereocenters. The van der Waals surface area contributed by atoms with Gasteiger partial charge >= 0.3 is 0 Å². The summed E-state index contributed by atoms with van der Waals surface area (Å²) in [6, 6.07) is 8.64. The van der Waals surface area contributed by atoms with E-state index in [2.05, 4.69) is 31.3 Å². The third kappa shape index (κ3) is 4.75. The summed E-state index contributed by atoms with van der Waals surface area (Å²) in [5, 5.41) is 3.56. The quantitative estimate of drug-likeness (QED) is 0.778. The number of anilines is 1. The second-order valence-electron chi connectivity index (χ2n) is 5.78. The largest absolute Gasteiger partial charge is 0.493 e. The molecule has 3 heteroatoms. The highest BCUT2D eigenvalue weighted by molar-refractivity contribution is 5.49. The number of rotatable bonds is 8. The first kappa shape index (κ1) is 14.2. The average molecular weight is 263 g/mol. The Balaban J connectivity index is 1.93. The SMILES string of the molecule is COCC(Nc1cccc(OCC(C)C)c1)C1CC1. The Morgan fingerprint density at radius 3 is 2.68 bits per heavy atom. The standard InChI is InChI=1S/C16H25NO2/c1-12(2)10-19-15-6-4-5-14(9-15)17-16(11-18-3)13-7-8-13/h4-6,9,12-13,16-17H,7-8,10-11H2,1-3H3. The Hall–Kier alpha value is -1.22. The highest BCUT2D eigenvalue weighted by Crippen LogP contribution is 2.34. The summed E-state index contributed by atoms with van der Waals surface area (Å²) in [7, 11) is 1.76. The van der Waals surface area contributed by atoms with Crippen molar-refractivity contribution in [2.24, 2.45) is 11.8 Å². The molecule has 0 radical (unpaired) electrons. The van der Waals surface area contributed by atoms with E-state index in [1.807, 2.05) is 12.1 Å². The fourth-order valence-corrected chi connectivity index (χ4v) is 2.13. The maximum Gasteiger partial charge on any atom is 0.121 e. The lowest BCUT2D eigenvalue weighted by atomic mass is 10.2. The van der Waals surface area contributed by atoms with Gasteiger partial charge in [-0.25, -0.2) is 0 Å². The minimum Gasteiger partial charge on any atom is -0.493 e. The van der Waals surface area contributed by atoms with Crippen LogP contribution >= 0.6 is 0 Å². The van der Waals surface area contributed by atoms with Crippen molar-refractivity contribution < 1.29 is 9.47 Å². The molecule has 1 aliphatic rings. The van der Waals surface area contributed by atoms with Crippen LogP contribution in [0.4, 0.5) is 5.69 Å². The van der Waals surface area contributed by atoms with Gasteiger partial charge in [0, 0.05) is 18.9 Å². The molecule has 2 rings (SSSR count). The lowest BCUT2D eigenvalue weighted by Crippen LogP contribution is -2.27. The molecule has 0 spiro atoms. The van der Waals surface area contributed by atoms with Crippen molar-refractivity contribution in [3.05, 3.63) is 24.3 Å². The van der Waals surface area contributed by atoms with Crippen LogP contribution in [-0.4, -0.2) is 26.4 Å². The second-order valence-corrected chi connectivity index (χ2v) is 5.78.